The second-order valence-electron chi connectivity index (χ2n) is 10.1. The number of nitrogens with zero attached hydrogens (tertiary/aromatic N) is 4. The number of rotatable bonds is 6. The zero-order chi connectivity index (χ0) is 24.4. The topological polar surface area (TPSA) is 67.4 Å². The van der Waals surface area contributed by atoms with Crippen molar-refractivity contribution in [3.8, 4) is 11.5 Å². The first-order chi connectivity index (χ1) is 17.0. The molecule has 35 heavy (non-hydrogen) atoms. The standard InChI is InChI=1S/C27H36N4O4/c1-20(2)29-15-10-23(11-16-29)34-22-8-6-21(7-9-22)30-17-12-27(13-18-30)19-31(26(32)35-27)25-24(33-3)5-4-14-28-25/h4-9,14,20,23H,10-13,15-19H2,1-3H3. The van der Waals surface area contributed by atoms with E-state index >= 15 is 0 Å². The normalized spacial score (nSPS) is 21.0. The number of piperidine rings is 2. The van der Waals surface area contributed by atoms with Crippen LogP contribution in [-0.2, 0) is 4.74 Å². The van der Waals surface area contributed by atoms with Crippen molar-refractivity contribution in [3.05, 3.63) is 42.6 Å². The first-order valence-electron chi connectivity index (χ1n) is 12.7. The Bertz CT molecular complexity index is 1010. The van der Waals surface area contributed by atoms with Crippen LogP contribution in [0, 0.1) is 0 Å². The number of hydrogen-bond donors (Lipinski definition) is 0. The molecule has 8 heteroatoms. The van der Waals surface area contributed by atoms with E-state index in [-0.39, 0.29) is 6.09 Å². The van der Waals surface area contributed by atoms with Gasteiger partial charge in [-0.3, -0.25) is 4.90 Å². The minimum Gasteiger partial charge on any atom is -0.493 e. The highest BCUT2D eigenvalue weighted by atomic mass is 16.6. The van der Waals surface area contributed by atoms with Gasteiger partial charge in [0.1, 0.15) is 17.5 Å². The van der Waals surface area contributed by atoms with Gasteiger partial charge in [0.2, 0.25) is 0 Å². The molecule has 0 unspecified atom stereocenters. The van der Waals surface area contributed by atoms with Crippen LogP contribution in [0.4, 0.5) is 16.3 Å². The summed E-state index contributed by atoms with van der Waals surface area (Å²) in [5.41, 5.74) is 0.693. The highest BCUT2D eigenvalue weighted by molar-refractivity contribution is 5.90. The van der Waals surface area contributed by atoms with Crippen LogP contribution in [0.25, 0.3) is 0 Å². The van der Waals surface area contributed by atoms with Crippen LogP contribution >= 0.6 is 0 Å². The predicted molar refractivity (Wildman–Crippen MR) is 136 cm³/mol. The summed E-state index contributed by atoms with van der Waals surface area (Å²) in [7, 11) is 1.59. The summed E-state index contributed by atoms with van der Waals surface area (Å²) in [6, 6.07) is 12.7. The van der Waals surface area contributed by atoms with Gasteiger partial charge in [-0.25, -0.2) is 9.78 Å². The van der Waals surface area contributed by atoms with E-state index in [9.17, 15) is 4.79 Å². The summed E-state index contributed by atoms with van der Waals surface area (Å²) in [6.45, 7) is 8.87. The molecule has 1 aromatic carbocycles. The average Bonchev–Trinajstić information content (AvgIpc) is 3.20. The number of hydrogen-bond acceptors (Lipinski definition) is 7. The molecular formula is C27H36N4O4. The van der Waals surface area contributed by atoms with Crippen molar-refractivity contribution in [2.24, 2.45) is 0 Å². The van der Waals surface area contributed by atoms with Crippen molar-refractivity contribution in [1.82, 2.24) is 9.88 Å². The van der Waals surface area contributed by atoms with Crippen LogP contribution in [-0.4, -0.2) is 73.6 Å². The van der Waals surface area contributed by atoms with Crippen LogP contribution in [0.2, 0.25) is 0 Å². The fourth-order valence-corrected chi connectivity index (χ4v) is 5.40. The second kappa shape index (κ2) is 9.93. The van der Waals surface area contributed by atoms with Gasteiger partial charge in [-0.2, -0.15) is 0 Å². The Morgan fingerprint density at radius 1 is 1.06 bits per heavy atom. The van der Waals surface area contributed by atoms with Crippen LogP contribution < -0.4 is 19.3 Å². The number of aromatic nitrogens is 1. The lowest BCUT2D eigenvalue weighted by Gasteiger charge is -2.38. The van der Waals surface area contributed by atoms with Gasteiger partial charge in [-0.1, -0.05) is 0 Å². The van der Waals surface area contributed by atoms with Gasteiger partial charge in [-0.15, -0.1) is 0 Å². The largest absolute Gasteiger partial charge is 0.493 e. The number of amides is 1. The zero-order valence-electron chi connectivity index (χ0n) is 21.0. The van der Waals surface area contributed by atoms with Crippen molar-refractivity contribution in [2.45, 2.75) is 57.3 Å². The Hall–Kier alpha value is -3.00. The third-order valence-electron chi connectivity index (χ3n) is 7.58. The third kappa shape index (κ3) is 5.03. The summed E-state index contributed by atoms with van der Waals surface area (Å²) in [5, 5.41) is 0. The summed E-state index contributed by atoms with van der Waals surface area (Å²) < 4.78 is 17.6. The molecule has 8 nitrogen and oxygen atoms in total. The fraction of sp³-hybridized carbons (Fsp3) is 0.556. The van der Waals surface area contributed by atoms with E-state index < -0.39 is 5.60 Å². The lowest BCUT2D eigenvalue weighted by Crippen LogP contribution is -2.47. The Morgan fingerprint density at radius 2 is 1.77 bits per heavy atom. The van der Waals surface area contributed by atoms with E-state index in [0.717, 1.165) is 57.6 Å². The smallest absolute Gasteiger partial charge is 0.416 e. The van der Waals surface area contributed by atoms with Gasteiger partial charge in [0, 0.05) is 56.9 Å². The third-order valence-corrected chi connectivity index (χ3v) is 7.58. The summed E-state index contributed by atoms with van der Waals surface area (Å²) in [6.07, 6.45) is 5.32. The van der Waals surface area contributed by atoms with E-state index in [2.05, 4.69) is 52.9 Å². The molecule has 0 radical (unpaired) electrons. The number of ether oxygens (including phenoxy) is 3. The van der Waals surface area contributed by atoms with Crippen LogP contribution in [0.3, 0.4) is 0 Å². The molecule has 2 aromatic rings. The van der Waals surface area contributed by atoms with Gasteiger partial charge in [0.05, 0.1) is 13.7 Å². The average molecular weight is 481 g/mol. The minimum absolute atomic E-state index is 0.295. The number of pyridine rings is 1. The Balaban J connectivity index is 1.15. The molecule has 3 fully saturated rings. The van der Waals surface area contributed by atoms with E-state index in [4.69, 9.17) is 14.2 Å². The molecule has 0 aliphatic carbocycles. The van der Waals surface area contributed by atoms with Crippen molar-refractivity contribution in [2.75, 3.05) is 49.6 Å². The molecule has 3 saturated heterocycles. The summed E-state index contributed by atoms with van der Waals surface area (Å²) >= 11 is 0. The van der Waals surface area contributed by atoms with Gasteiger partial charge in [0.25, 0.3) is 0 Å². The number of carbonyl (C=O) groups excluding carboxylic acids is 1. The van der Waals surface area contributed by atoms with Crippen molar-refractivity contribution < 1.29 is 19.0 Å². The SMILES string of the molecule is COc1cccnc1N1CC2(CCN(c3ccc(OC4CCN(C(C)C)CC4)cc3)CC2)OC1=O. The van der Waals surface area contributed by atoms with E-state index in [1.165, 1.54) is 5.69 Å². The molecule has 0 N–H and O–H groups in total. The molecule has 1 spiro atoms. The molecule has 188 valence electrons. The van der Waals surface area contributed by atoms with Crippen molar-refractivity contribution >= 4 is 17.6 Å². The first kappa shape index (κ1) is 23.7. The quantitative estimate of drug-likeness (QED) is 0.609. The number of likely N-dealkylation sites (tertiary alicyclic amines) is 1. The first-order valence-corrected chi connectivity index (χ1v) is 12.7. The van der Waals surface area contributed by atoms with E-state index in [1.54, 1.807) is 24.3 Å². The van der Waals surface area contributed by atoms with Gasteiger partial charge in [0.15, 0.2) is 11.6 Å². The van der Waals surface area contributed by atoms with Crippen LogP contribution in [0.1, 0.15) is 39.5 Å². The number of carbonyl (C=O) groups is 1. The maximum Gasteiger partial charge on any atom is 0.416 e. The molecule has 0 atom stereocenters. The van der Waals surface area contributed by atoms with Gasteiger partial charge in [-0.05, 0) is 63.1 Å². The second-order valence-corrected chi connectivity index (χ2v) is 10.1. The molecule has 4 heterocycles. The minimum atomic E-state index is -0.482. The van der Waals surface area contributed by atoms with E-state index in [0.29, 0.717) is 30.3 Å². The lowest BCUT2D eigenvalue weighted by atomic mass is 9.91. The highest BCUT2D eigenvalue weighted by Crippen LogP contribution is 2.39. The maximum absolute atomic E-state index is 12.7. The molecule has 3 aliphatic rings. The lowest BCUT2D eigenvalue weighted by molar-refractivity contribution is 0.0367. The Kier molecular flexibility index (Phi) is 6.73. The molecule has 1 aromatic heterocycles. The van der Waals surface area contributed by atoms with Crippen molar-refractivity contribution in [1.29, 1.82) is 0 Å². The highest BCUT2D eigenvalue weighted by Gasteiger charge is 2.48. The molecule has 0 bridgehead atoms. The summed E-state index contributed by atoms with van der Waals surface area (Å²) in [4.78, 5) is 23.5. The molecule has 0 saturated carbocycles. The van der Waals surface area contributed by atoms with Gasteiger partial charge >= 0.3 is 6.09 Å². The van der Waals surface area contributed by atoms with Gasteiger partial charge < -0.3 is 24.0 Å². The summed E-state index contributed by atoms with van der Waals surface area (Å²) in [5.74, 6) is 2.03. The monoisotopic (exact) mass is 480 g/mol. The number of methoxy groups -OCH3 is 1. The predicted octanol–water partition coefficient (Wildman–Crippen LogP) is 4.34. The Labute approximate surface area is 207 Å². The molecule has 1 amide bonds. The van der Waals surface area contributed by atoms with E-state index in [1.807, 2.05) is 6.07 Å². The molecule has 3 aliphatic heterocycles. The molecule has 5 rings (SSSR count). The zero-order valence-corrected chi connectivity index (χ0v) is 21.0. The van der Waals surface area contributed by atoms with Crippen LogP contribution in [0.15, 0.2) is 42.6 Å². The van der Waals surface area contributed by atoms with Crippen LogP contribution in [0.5, 0.6) is 11.5 Å². The number of benzene rings is 1. The fourth-order valence-electron chi connectivity index (χ4n) is 5.40. The Morgan fingerprint density at radius 3 is 2.43 bits per heavy atom. The van der Waals surface area contributed by atoms with Crippen molar-refractivity contribution in [3.63, 3.8) is 0 Å². The maximum atomic E-state index is 12.7. The molecular weight excluding hydrogens is 444 g/mol. The number of anilines is 2.